The maximum atomic E-state index is 13.0. The van der Waals surface area contributed by atoms with E-state index >= 15 is 0 Å². The number of hydrogen-bond donors (Lipinski definition) is 0. The highest BCUT2D eigenvalue weighted by atomic mass is 32.1. The van der Waals surface area contributed by atoms with Crippen molar-refractivity contribution in [1.82, 2.24) is 9.47 Å². The Balaban J connectivity index is 1.68. The van der Waals surface area contributed by atoms with Gasteiger partial charge in [0.2, 0.25) is 0 Å². The number of carbonyl (C=O) groups is 1. The minimum absolute atomic E-state index is 0.133. The lowest BCUT2D eigenvalue weighted by atomic mass is 10.2. The number of amides is 1. The second kappa shape index (κ2) is 6.13. The monoisotopic (exact) mass is 344 g/mol. The highest BCUT2D eigenvalue weighted by Gasteiger charge is 2.26. The van der Waals surface area contributed by atoms with Gasteiger partial charge in [-0.25, -0.2) is 0 Å². The number of carbonyl (C=O) groups excluding carboxylic acids is 1. The first-order valence-electron chi connectivity index (χ1n) is 8.10. The molecule has 1 aliphatic rings. The highest BCUT2D eigenvalue weighted by molar-refractivity contribution is 7.17. The fourth-order valence-electron chi connectivity index (χ4n) is 3.57. The molecule has 0 atom stereocenters. The molecule has 23 heavy (non-hydrogen) atoms. The third-order valence-electron chi connectivity index (χ3n) is 4.69. The Kier molecular flexibility index (Phi) is 3.99. The Morgan fingerprint density at radius 1 is 1.26 bits per heavy atom. The van der Waals surface area contributed by atoms with Crippen molar-refractivity contribution in [2.24, 2.45) is 0 Å². The van der Waals surface area contributed by atoms with Gasteiger partial charge in [-0.15, -0.1) is 22.7 Å². The fourth-order valence-corrected chi connectivity index (χ4v) is 5.14. The third kappa shape index (κ3) is 2.72. The molecule has 0 bridgehead atoms. The molecule has 0 radical (unpaired) electrons. The van der Waals surface area contributed by atoms with Crippen molar-refractivity contribution in [3.63, 3.8) is 0 Å². The first-order chi connectivity index (χ1) is 11.2. The molecule has 120 valence electrons. The lowest BCUT2D eigenvalue weighted by Crippen LogP contribution is -2.28. The average molecular weight is 345 g/mol. The normalized spacial score (nSPS) is 15.5. The zero-order valence-electron chi connectivity index (χ0n) is 13.2. The van der Waals surface area contributed by atoms with Crippen LogP contribution in [0.15, 0.2) is 35.0 Å². The predicted octanol–water partition coefficient (Wildman–Crippen LogP) is 5.15. The van der Waals surface area contributed by atoms with Gasteiger partial charge in [0, 0.05) is 18.0 Å². The highest BCUT2D eigenvalue weighted by Crippen LogP contribution is 2.36. The van der Waals surface area contributed by atoms with Gasteiger partial charge < -0.3 is 9.47 Å². The second-order valence-electron chi connectivity index (χ2n) is 6.25. The van der Waals surface area contributed by atoms with E-state index < -0.39 is 0 Å². The maximum absolute atomic E-state index is 13.0. The molecule has 3 nitrogen and oxygen atoms in total. The lowest BCUT2D eigenvalue weighted by Gasteiger charge is -2.21. The van der Waals surface area contributed by atoms with Gasteiger partial charge in [-0.2, -0.15) is 0 Å². The molecule has 0 N–H and O–H groups in total. The van der Waals surface area contributed by atoms with Gasteiger partial charge in [0.05, 0.1) is 16.8 Å². The smallest absolute Gasteiger partial charge is 0.270 e. The van der Waals surface area contributed by atoms with Gasteiger partial charge in [0.25, 0.3) is 5.91 Å². The molecule has 0 aliphatic heterocycles. The Hall–Kier alpha value is -1.59. The van der Waals surface area contributed by atoms with E-state index in [2.05, 4.69) is 33.5 Å². The molecule has 3 aromatic heterocycles. The molecule has 4 rings (SSSR count). The summed E-state index contributed by atoms with van der Waals surface area (Å²) in [7, 11) is 1.90. The SMILES string of the molecule is CN(Cc1cccs1)C(=O)c1cc2sccc2n1C1CCCC1. The number of aromatic nitrogens is 1. The molecule has 0 saturated heterocycles. The van der Waals surface area contributed by atoms with Crippen molar-refractivity contribution in [2.75, 3.05) is 7.05 Å². The number of hydrogen-bond acceptors (Lipinski definition) is 3. The van der Waals surface area contributed by atoms with Gasteiger partial charge in [0.1, 0.15) is 5.69 Å². The summed E-state index contributed by atoms with van der Waals surface area (Å²) in [5.41, 5.74) is 2.09. The van der Waals surface area contributed by atoms with E-state index in [-0.39, 0.29) is 5.91 Å². The molecule has 3 aromatic rings. The summed E-state index contributed by atoms with van der Waals surface area (Å²) in [5, 5.41) is 4.19. The quantitative estimate of drug-likeness (QED) is 0.642. The number of fused-ring (bicyclic) bond motifs is 1. The van der Waals surface area contributed by atoms with Crippen molar-refractivity contribution in [3.8, 4) is 0 Å². The molecule has 5 heteroatoms. The number of rotatable bonds is 4. The van der Waals surface area contributed by atoms with Crippen molar-refractivity contribution in [1.29, 1.82) is 0 Å². The molecule has 0 unspecified atom stereocenters. The van der Waals surface area contributed by atoms with E-state index in [1.54, 1.807) is 22.7 Å². The Bertz CT molecular complexity index is 809. The van der Waals surface area contributed by atoms with E-state index in [1.807, 2.05) is 18.0 Å². The third-order valence-corrected chi connectivity index (χ3v) is 6.40. The van der Waals surface area contributed by atoms with Crippen LogP contribution in [0.25, 0.3) is 10.2 Å². The molecule has 1 amide bonds. The summed E-state index contributed by atoms with van der Waals surface area (Å²) in [6.07, 6.45) is 4.92. The summed E-state index contributed by atoms with van der Waals surface area (Å²) < 4.78 is 3.54. The van der Waals surface area contributed by atoms with Gasteiger partial charge in [-0.1, -0.05) is 18.9 Å². The van der Waals surface area contributed by atoms with Crippen LogP contribution in [-0.4, -0.2) is 22.4 Å². The van der Waals surface area contributed by atoms with Crippen LogP contribution in [0, 0.1) is 0 Å². The van der Waals surface area contributed by atoms with E-state index in [9.17, 15) is 4.79 Å². The molecular formula is C18H20N2OS2. The summed E-state index contributed by atoms with van der Waals surface area (Å²) in [5.74, 6) is 0.133. The molecule has 1 fully saturated rings. The van der Waals surface area contributed by atoms with Crippen LogP contribution >= 0.6 is 22.7 Å². The number of nitrogens with zero attached hydrogens (tertiary/aromatic N) is 2. The predicted molar refractivity (Wildman–Crippen MR) is 97.4 cm³/mol. The van der Waals surface area contributed by atoms with Crippen LogP contribution in [0.2, 0.25) is 0 Å². The molecule has 0 spiro atoms. The van der Waals surface area contributed by atoms with Crippen molar-refractivity contribution >= 4 is 38.8 Å². The minimum atomic E-state index is 0.133. The molecule has 3 heterocycles. The topological polar surface area (TPSA) is 25.2 Å². The van der Waals surface area contributed by atoms with Crippen molar-refractivity contribution in [2.45, 2.75) is 38.3 Å². The summed E-state index contributed by atoms with van der Waals surface area (Å²) in [4.78, 5) is 16.1. The molecule has 1 saturated carbocycles. The van der Waals surface area contributed by atoms with E-state index in [4.69, 9.17) is 0 Å². The van der Waals surface area contributed by atoms with E-state index in [1.165, 1.54) is 40.8 Å². The average Bonchev–Trinajstić information content (AvgIpc) is 3.29. The first kappa shape index (κ1) is 15.0. The standard InChI is InChI=1S/C18H20N2OS2/c1-19(12-14-7-4-9-22-14)18(21)16-11-17-15(8-10-23-17)20(16)13-5-2-3-6-13/h4,7-11,13H,2-3,5-6,12H2,1H3. The summed E-state index contributed by atoms with van der Waals surface area (Å²) >= 11 is 3.43. The van der Waals surface area contributed by atoms with Crippen LogP contribution in [-0.2, 0) is 6.54 Å². The Labute approximate surface area is 144 Å². The lowest BCUT2D eigenvalue weighted by molar-refractivity contribution is 0.0774. The van der Waals surface area contributed by atoms with Crippen LogP contribution in [0.3, 0.4) is 0 Å². The molecule has 0 aromatic carbocycles. The van der Waals surface area contributed by atoms with Crippen LogP contribution in [0.5, 0.6) is 0 Å². The van der Waals surface area contributed by atoms with Crippen LogP contribution < -0.4 is 0 Å². The van der Waals surface area contributed by atoms with Crippen molar-refractivity contribution < 1.29 is 4.79 Å². The number of thiophene rings is 2. The first-order valence-corrected chi connectivity index (χ1v) is 9.86. The van der Waals surface area contributed by atoms with Crippen LogP contribution in [0.1, 0.15) is 47.1 Å². The summed E-state index contributed by atoms with van der Waals surface area (Å²) in [6, 6.07) is 8.86. The minimum Gasteiger partial charge on any atom is -0.335 e. The van der Waals surface area contributed by atoms with Gasteiger partial charge >= 0.3 is 0 Å². The second-order valence-corrected chi connectivity index (χ2v) is 8.23. The largest absolute Gasteiger partial charge is 0.335 e. The Morgan fingerprint density at radius 2 is 2.09 bits per heavy atom. The Morgan fingerprint density at radius 3 is 2.83 bits per heavy atom. The van der Waals surface area contributed by atoms with E-state index in [0.717, 1.165) is 5.69 Å². The van der Waals surface area contributed by atoms with E-state index in [0.29, 0.717) is 12.6 Å². The van der Waals surface area contributed by atoms with Gasteiger partial charge in [-0.3, -0.25) is 4.79 Å². The maximum Gasteiger partial charge on any atom is 0.270 e. The van der Waals surface area contributed by atoms with Crippen molar-refractivity contribution in [3.05, 3.63) is 45.6 Å². The zero-order chi connectivity index (χ0) is 15.8. The molecule has 1 aliphatic carbocycles. The van der Waals surface area contributed by atoms with Gasteiger partial charge in [-0.05, 0) is 41.8 Å². The molecular weight excluding hydrogens is 324 g/mol. The van der Waals surface area contributed by atoms with Crippen LogP contribution in [0.4, 0.5) is 0 Å². The van der Waals surface area contributed by atoms with Gasteiger partial charge in [0.15, 0.2) is 0 Å². The fraction of sp³-hybridized carbons (Fsp3) is 0.389. The zero-order valence-corrected chi connectivity index (χ0v) is 14.8. The summed E-state index contributed by atoms with van der Waals surface area (Å²) in [6.45, 7) is 0.681.